The largest absolute Gasteiger partial charge is 0.497 e. The maximum Gasteiger partial charge on any atom is 0.325 e. The molecule has 0 atom stereocenters. The number of hydrogen-bond acceptors (Lipinski definition) is 7. The van der Waals surface area contributed by atoms with Gasteiger partial charge in [0.1, 0.15) is 18.0 Å². The van der Waals surface area contributed by atoms with Crippen LogP contribution in [0.4, 0.5) is 0 Å². The fourth-order valence-corrected chi connectivity index (χ4v) is 3.99. The molecule has 2 heterocycles. The Bertz CT molecular complexity index is 1190. The number of fused-ring (bicyclic) bond motifs is 1. The van der Waals surface area contributed by atoms with E-state index >= 15 is 0 Å². The Balaban J connectivity index is 1.78. The summed E-state index contributed by atoms with van der Waals surface area (Å²) in [6.07, 6.45) is 2.11. The van der Waals surface area contributed by atoms with E-state index in [0.29, 0.717) is 39.7 Å². The standard InChI is InChI=1S/C24H28N4O5/c1-14-22-19(11-20(16-6-7-16)25-23(22)27(2)26-14)24(30)28(13-21(29)33-5)12-15-8-17(31-3)10-18(9-15)32-4/h8-11,16H,6-7,12-13H2,1-5H3. The fourth-order valence-electron chi connectivity index (χ4n) is 3.99. The molecule has 1 saturated carbocycles. The Hall–Kier alpha value is -3.62. The Morgan fingerprint density at radius 3 is 2.33 bits per heavy atom. The van der Waals surface area contributed by atoms with E-state index in [0.717, 1.165) is 24.1 Å². The topological polar surface area (TPSA) is 95.8 Å². The number of hydrogen-bond donors (Lipinski definition) is 0. The summed E-state index contributed by atoms with van der Waals surface area (Å²) in [6.45, 7) is 1.83. The van der Waals surface area contributed by atoms with E-state index < -0.39 is 5.97 Å². The molecule has 0 saturated heterocycles. The predicted octanol–water partition coefficient (Wildman–Crippen LogP) is 2.99. The molecule has 1 aliphatic carbocycles. The van der Waals surface area contributed by atoms with Crippen molar-refractivity contribution < 1.29 is 23.8 Å². The third-order valence-corrected chi connectivity index (χ3v) is 5.83. The maximum atomic E-state index is 13.9. The Labute approximate surface area is 192 Å². The number of aryl methyl sites for hydroxylation is 2. The second-order valence-electron chi connectivity index (χ2n) is 8.23. The van der Waals surface area contributed by atoms with Crippen molar-refractivity contribution in [1.82, 2.24) is 19.7 Å². The van der Waals surface area contributed by atoms with Gasteiger partial charge in [-0.1, -0.05) is 0 Å². The minimum Gasteiger partial charge on any atom is -0.497 e. The molecule has 2 aromatic heterocycles. The average Bonchev–Trinajstić information content (AvgIpc) is 3.63. The van der Waals surface area contributed by atoms with E-state index in [4.69, 9.17) is 19.2 Å². The SMILES string of the molecule is COC(=O)CN(Cc1cc(OC)cc(OC)c1)C(=O)c1cc(C2CC2)nc2c1c(C)nn2C. The van der Waals surface area contributed by atoms with Gasteiger partial charge in [-0.3, -0.25) is 14.3 Å². The van der Waals surface area contributed by atoms with E-state index in [1.807, 2.05) is 32.2 Å². The van der Waals surface area contributed by atoms with E-state index in [1.165, 1.54) is 12.0 Å². The first-order valence-electron chi connectivity index (χ1n) is 10.8. The highest BCUT2D eigenvalue weighted by Crippen LogP contribution is 2.40. The lowest BCUT2D eigenvalue weighted by Crippen LogP contribution is -2.36. The molecule has 33 heavy (non-hydrogen) atoms. The van der Waals surface area contributed by atoms with E-state index in [9.17, 15) is 9.59 Å². The van der Waals surface area contributed by atoms with Gasteiger partial charge in [-0.25, -0.2) is 4.98 Å². The molecule has 174 valence electrons. The van der Waals surface area contributed by atoms with Crippen LogP contribution in [0.2, 0.25) is 0 Å². The first kappa shape index (κ1) is 22.6. The molecule has 9 heteroatoms. The van der Waals surface area contributed by atoms with Gasteiger partial charge in [-0.15, -0.1) is 0 Å². The lowest BCUT2D eigenvalue weighted by atomic mass is 10.1. The summed E-state index contributed by atoms with van der Waals surface area (Å²) in [5, 5.41) is 5.18. The van der Waals surface area contributed by atoms with Crippen LogP contribution in [-0.4, -0.2) is 59.4 Å². The molecule has 9 nitrogen and oxygen atoms in total. The van der Waals surface area contributed by atoms with Gasteiger partial charge < -0.3 is 19.1 Å². The molecule has 0 unspecified atom stereocenters. The second-order valence-corrected chi connectivity index (χ2v) is 8.23. The molecule has 0 aliphatic heterocycles. The molecule has 4 rings (SSSR count). The van der Waals surface area contributed by atoms with Crippen LogP contribution in [0.5, 0.6) is 11.5 Å². The van der Waals surface area contributed by atoms with E-state index in [2.05, 4.69) is 5.10 Å². The molecule has 3 aromatic rings. The highest BCUT2D eigenvalue weighted by Gasteiger charge is 2.30. The van der Waals surface area contributed by atoms with E-state index in [1.54, 1.807) is 25.0 Å². The number of benzene rings is 1. The summed E-state index contributed by atoms with van der Waals surface area (Å²) >= 11 is 0. The number of methoxy groups -OCH3 is 3. The maximum absolute atomic E-state index is 13.9. The molecule has 1 aliphatic rings. The van der Waals surface area contributed by atoms with Gasteiger partial charge in [0.05, 0.1) is 38.0 Å². The van der Waals surface area contributed by atoms with E-state index in [-0.39, 0.29) is 19.0 Å². The highest BCUT2D eigenvalue weighted by molar-refractivity contribution is 6.07. The first-order valence-corrected chi connectivity index (χ1v) is 10.8. The van der Waals surface area contributed by atoms with Crippen LogP contribution < -0.4 is 9.47 Å². The summed E-state index contributed by atoms with van der Waals surface area (Å²) < 4.78 is 17.3. The monoisotopic (exact) mass is 452 g/mol. The van der Waals surface area contributed by atoms with Gasteiger partial charge >= 0.3 is 5.97 Å². The number of aromatic nitrogens is 3. The van der Waals surface area contributed by atoms with Crippen LogP contribution in [0.1, 0.15) is 46.1 Å². The quantitative estimate of drug-likeness (QED) is 0.485. The molecule has 0 N–H and O–H groups in total. The molecular weight excluding hydrogens is 424 g/mol. The van der Waals surface area contributed by atoms with Crippen molar-refractivity contribution in [2.24, 2.45) is 7.05 Å². The van der Waals surface area contributed by atoms with Gasteiger partial charge in [0.2, 0.25) is 0 Å². The third-order valence-electron chi connectivity index (χ3n) is 5.83. The zero-order valence-corrected chi connectivity index (χ0v) is 19.5. The Morgan fingerprint density at radius 1 is 1.09 bits per heavy atom. The molecule has 1 aromatic carbocycles. The molecule has 0 bridgehead atoms. The summed E-state index contributed by atoms with van der Waals surface area (Å²) in [7, 11) is 6.26. The van der Waals surface area contributed by atoms with Crippen LogP contribution in [0, 0.1) is 6.92 Å². The van der Waals surface area contributed by atoms with Crippen LogP contribution in [0.3, 0.4) is 0 Å². The number of nitrogens with zero attached hydrogens (tertiary/aromatic N) is 4. The number of amides is 1. The number of rotatable bonds is 8. The van der Waals surface area contributed by atoms with Gasteiger partial charge in [0.25, 0.3) is 5.91 Å². The smallest absolute Gasteiger partial charge is 0.325 e. The zero-order chi connectivity index (χ0) is 23.7. The lowest BCUT2D eigenvalue weighted by Gasteiger charge is -2.23. The zero-order valence-electron chi connectivity index (χ0n) is 19.5. The summed E-state index contributed by atoms with van der Waals surface area (Å²) in [5.74, 6) is 0.759. The van der Waals surface area contributed by atoms with Crippen LogP contribution in [-0.2, 0) is 23.1 Å². The van der Waals surface area contributed by atoms with Crippen molar-refractivity contribution in [2.45, 2.75) is 32.2 Å². The summed E-state index contributed by atoms with van der Waals surface area (Å²) in [5.41, 5.74) is 3.52. The highest BCUT2D eigenvalue weighted by atomic mass is 16.5. The summed E-state index contributed by atoms with van der Waals surface area (Å²) in [6, 6.07) is 7.23. The number of carbonyl (C=O) groups excluding carboxylic acids is 2. The fraction of sp³-hybridized carbons (Fsp3) is 0.417. The average molecular weight is 453 g/mol. The van der Waals surface area contributed by atoms with Gasteiger partial charge in [-0.2, -0.15) is 5.10 Å². The number of esters is 1. The van der Waals surface area contributed by atoms with Gasteiger partial charge in [-0.05, 0) is 43.5 Å². The normalized spacial score (nSPS) is 13.1. The predicted molar refractivity (Wildman–Crippen MR) is 122 cm³/mol. The van der Waals surface area contributed by atoms with Crippen molar-refractivity contribution in [3.63, 3.8) is 0 Å². The number of pyridine rings is 1. The second kappa shape index (κ2) is 9.09. The van der Waals surface area contributed by atoms with Gasteiger partial charge in [0.15, 0.2) is 5.65 Å². The lowest BCUT2D eigenvalue weighted by molar-refractivity contribution is -0.141. The number of carbonyl (C=O) groups is 2. The third kappa shape index (κ3) is 4.62. The van der Waals surface area contributed by atoms with Crippen LogP contribution in [0.25, 0.3) is 11.0 Å². The Morgan fingerprint density at radius 2 is 1.76 bits per heavy atom. The number of ether oxygens (including phenoxy) is 3. The molecule has 0 radical (unpaired) electrons. The van der Waals surface area contributed by atoms with Crippen LogP contribution in [0.15, 0.2) is 24.3 Å². The van der Waals surface area contributed by atoms with Crippen LogP contribution >= 0.6 is 0 Å². The molecule has 1 fully saturated rings. The van der Waals surface area contributed by atoms with Crippen molar-refractivity contribution in [1.29, 1.82) is 0 Å². The van der Waals surface area contributed by atoms with Crippen molar-refractivity contribution in [2.75, 3.05) is 27.9 Å². The van der Waals surface area contributed by atoms with Gasteiger partial charge in [0, 0.05) is 31.3 Å². The minimum atomic E-state index is -0.506. The first-order chi connectivity index (χ1) is 15.8. The molecule has 0 spiro atoms. The molecular formula is C24H28N4O5. The Kier molecular flexibility index (Phi) is 6.22. The molecule has 1 amide bonds. The van der Waals surface area contributed by atoms with Crippen molar-refractivity contribution in [3.8, 4) is 11.5 Å². The minimum absolute atomic E-state index is 0.170. The van der Waals surface area contributed by atoms with Crippen molar-refractivity contribution >= 4 is 22.9 Å². The summed E-state index contributed by atoms with van der Waals surface area (Å²) in [4.78, 5) is 32.3. The van der Waals surface area contributed by atoms with Crippen molar-refractivity contribution in [3.05, 3.63) is 46.8 Å².